The first-order valence-corrected chi connectivity index (χ1v) is 19.6. The molecule has 0 aliphatic carbocycles. The Hall–Kier alpha value is -3.54. The second-order valence-electron chi connectivity index (χ2n) is 17.0. The van der Waals surface area contributed by atoms with E-state index in [0.29, 0.717) is 0 Å². The van der Waals surface area contributed by atoms with Crippen molar-refractivity contribution in [2.24, 2.45) is 11.8 Å². The zero-order valence-electron chi connectivity index (χ0n) is 36.2. The lowest BCUT2D eigenvalue weighted by Crippen LogP contribution is -2.38. The second-order valence-corrected chi connectivity index (χ2v) is 17.0. The monoisotopic (exact) mass is 739 g/mol. The van der Waals surface area contributed by atoms with Gasteiger partial charge in [-0.2, -0.15) is 0 Å². The summed E-state index contributed by atoms with van der Waals surface area (Å²) in [5.74, 6) is 0.0661. The predicted molar refractivity (Wildman–Crippen MR) is 235 cm³/mol. The lowest BCUT2D eigenvalue weighted by molar-refractivity contribution is -0.327. The molecule has 1 aliphatic rings. The van der Waals surface area contributed by atoms with Crippen molar-refractivity contribution in [3.05, 3.63) is 154 Å². The summed E-state index contributed by atoms with van der Waals surface area (Å²) in [6, 6.07) is 0. The van der Waals surface area contributed by atoms with Crippen molar-refractivity contribution >= 4 is 0 Å². The molecule has 0 bridgehead atoms. The van der Waals surface area contributed by atoms with Crippen LogP contribution < -0.4 is 0 Å². The third-order valence-electron chi connectivity index (χ3n) is 9.29. The number of rotatable bonds is 20. The molecule has 298 valence electrons. The van der Waals surface area contributed by atoms with E-state index in [4.69, 9.17) is 9.78 Å². The molecule has 0 aromatic heterocycles. The Morgan fingerprint density at radius 3 is 1.44 bits per heavy atom. The molecule has 1 aliphatic heterocycles. The third-order valence-corrected chi connectivity index (χ3v) is 9.29. The molecule has 3 atom stereocenters. The van der Waals surface area contributed by atoms with Crippen LogP contribution >= 0.6 is 0 Å². The zero-order valence-corrected chi connectivity index (χ0v) is 36.2. The van der Waals surface area contributed by atoms with E-state index >= 15 is 0 Å². The molecular formula is C50H74O4. The van der Waals surface area contributed by atoms with Gasteiger partial charge >= 0.3 is 0 Å². The molecule has 2 N–H and O–H groups in total. The van der Waals surface area contributed by atoms with E-state index in [1.807, 2.05) is 59.8 Å². The number of allylic oxidation sites excluding steroid dienone is 25. The minimum Gasteiger partial charge on any atom is -0.390 e. The smallest absolute Gasteiger partial charge is 0.105 e. The molecule has 1 rings (SSSR count). The van der Waals surface area contributed by atoms with E-state index in [9.17, 15) is 10.2 Å². The van der Waals surface area contributed by atoms with Crippen LogP contribution in [0.5, 0.6) is 0 Å². The Morgan fingerprint density at radius 2 is 1.06 bits per heavy atom. The van der Waals surface area contributed by atoms with Gasteiger partial charge in [0.25, 0.3) is 0 Å². The molecule has 1 fully saturated rings. The Labute approximate surface area is 330 Å². The summed E-state index contributed by atoms with van der Waals surface area (Å²) >= 11 is 0. The molecule has 4 nitrogen and oxygen atoms in total. The maximum absolute atomic E-state index is 10.7. The van der Waals surface area contributed by atoms with Crippen LogP contribution in [0.1, 0.15) is 123 Å². The van der Waals surface area contributed by atoms with Crippen LogP contribution in [-0.4, -0.2) is 33.1 Å². The van der Waals surface area contributed by atoms with Gasteiger partial charge in [0.1, 0.15) is 11.7 Å². The summed E-state index contributed by atoms with van der Waals surface area (Å²) in [7, 11) is 0. The lowest BCUT2D eigenvalue weighted by Gasteiger charge is -2.30. The maximum atomic E-state index is 10.7. The van der Waals surface area contributed by atoms with Crippen molar-refractivity contribution in [3.8, 4) is 0 Å². The third kappa shape index (κ3) is 22.6. The van der Waals surface area contributed by atoms with Gasteiger partial charge in [0.05, 0.1) is 11.2 Å². The van der Waals surface area contributed by atoms with E-state index in [0.717, 1.165) is 36.8 Å². The molecule has 0 spiro atoms. The van der Waals surface area contributed by atoms with Crippen molar-refractivity contribution in [3.63, 3.8) is 0 Å². The number of hydrogen-bond acceptors (Lipinski definition) is 4. The molecule has 1 saturated heterocycles. The van der Waals surface area contributed by atoms with Crippen LogP contribution in [0.3, 0.4) is 0 Å². The van der Waals surface area contributed by atoms with E-state index < -0.39 is 11.2 Å². The highest BCUT2D eigenvalue weighted by atomic mass is 17.2. The van der Waals surface area contributed by atoms with Gasteiger partial charge in [-0.15, -0.1) is 0 Å². The fourth-order valence-corrected chi connectivity index (χ4v) is 5.74. The van der Waals surface area contributed by atoms with Crippen LogP contribution in [0.4, 0.5) is 0 Å². The number of hydrogen-bond donors (Lipinski definition) is 2. The minimum absolute atomic E-state index is 0.181. The summed E-state index contributed by atoms with van der Waals surface area (Å²) in [5.41, 5.74) is 6.44. The van der Waals surface area contributed by atoms with E-state index in [1.54, 1.807) is 0 Å². The molecule has 0 aromatic rings. The van der Waals surface area contributed by atoms with Gasteiger partial charge in [-0.1, -0.05) is 154 Å². The van der Waals surface area contributed by atoms with Crippen LogP contribution in [-0.2, 0) is 9.78 Å². The zero-order chi connectivity index (χ0) is 41.0. The maximum Gasteiger partial charge on any atom is 0.105 e. The summed E-state index contributed by atoms with van der Waals surface area (Å²) in [4.78, 5) is 11.0. The first kappa shape index (κ1) is 48.5. The standard InChI is InChI=1S/C50H74O4/c1-38(2)31-34-45(49(11,12)51)35-32-43(7)29-19-27-41(5)25-17-23-39(3)21-15-16-22-40(4)24-18-26-42(6)28-20-30-44(8)33-36-46(50(13,14)52)47-37-48(9,10)54-53-47/h15-31,33,36,45-47,51-52H,32,34-35,37H2,1-14H3/b16-15+,23-17+,24-18+,27-19+,28-20+,36-33+,39-21+,40-22+,41-25+,42-26+,43-29+,44-30+/t45-,46?,47+/m1/s1. The molecule has 1 unspecified atom stereocenters. The second kappa shape index (κ2) is 24.1. The molecule has 0 radical (unpaired) electrons. The van der Waals surface area contributed by atoms with Gasteiger partial charge in [0.15, 0.2) is 0 Å². The minimum atomic E-state index is -0.924. The first-order chi connectivity index (χ1) is 25.1. The van der Waals surface area contributed by atoms with Gasteiger partial charge in [-0.3, -0.25) is 0 Å². The van der Waals surface area contributed by atoms with Crippen molar-refractivity contribution in [2.45, 2.75) is 146 Å². The Kier molecular flexibility index (Phi) is 21.6. The Balaban J connectivity index is 2.63. The quantitative estimate of drug-likeness (QED) is 0.0742. The highest BCUT2D eigenvalue weighted by Gasteiger charge is 2.42. The van der Waals surface area contributed by atoms with E-state index in [-0.39, 0.29) is 23.5 Å². The lowest BCUT2D eigenvalue weighted by atomic mass is 9.82. The summed E-state index contributed by atoms with van der Waals surface area (Å²) in [6.07, 6.45) is 43.3. The topological polar surface area (TPSA) is 58.9 Å². The molecule has 0 saturated carbocycles. The summed E-state index contributed by atoms with van der Waals surface area (Å²) in [6.45, 7) is 28.3. The van der Waals surface area contributed by atoms with E-state index in [1.165, 1.54) is 27.9 Å². The van der Waals surface area contributed by atoms with Crippen LogP contribution in [0.2, 0.25) is 0 Å². The summed E-state index contributed by atoms with van der Waals surface area (Å²) < 4.78 is 0. The normalized spacial score (nSPS) is 20.3. The fraction of sp³-hybridized carbons (Fsp3) is 0.480. The molecule has 54 heavy (non-hydrogen) atoms. The largest absolute Gasteiger partial charge is 0.390 e. The summed E-state index contributed by atoms with van der Waals surface area (Å²) in [5, 5.41) is 21.3. The van der Waals surface area contributed by atoms with E-state index in [2.05, 4.69) is 153 Å². The van der Waals surface area contributed by atoms with Crippen LogP contribution in [0.25, 0.3) is 0 Å². The highest BCUT2D eigenvalue weighted by Crippen LogP contribution is 2.36. The van der Waals surface area contributed by atoms with Crippen LogP contribution in [0.15, 0.2) is 154 Å². The van der Waals surface area contributed by atoms with Crippen molar-refractivity contribution < 1.29 is 20.0 Å². The van der Waals surface area contributed by atoms with Crippen molar-refractivity contribution in [1.82, 2.24) is 0 Å². The van der Waals surface area contributed by atoms with Gasteiger partial charge < -0.3 is 10.2 Å². The fourth-order valence-electron chi connectivity index (χ4n) is 5.74. The van der Waals surface area contributed by atoms with Crippen LogP contribution in [0, 0.1) is 11.8 Å². The van der Waals surface area contributed by atoms with Crippen molar-refractivity contribution in [2.75, 3.05) is 0 Å². The molecule has 0 aromatic carbocycles. The van der Waals surface area contributed by atoms with Gasteiger partial charge in [0, 0.05) is 12.3 Å². The first-order valence-electron chi connectivity index (χ1n) is 19.6. The van der Waals surface area contributed by atoms with Gasteiger partial charge in [-0.25, -0.2) is 9.78 Å². The molecular weight excluding hydrogens is 665 g/mol. The SMILES string of the molecule is CC(C)=CC[C@H](CC/C(C)=C/C=C/C(C)=C/C=C/C(C)=C/C=C/C=C(C)/C=C/C=C(C)/C=C/C=C(C)/C=C/C([C@@H]1CC(C)(C)OO1)C(C)(C)O)C(C)(C)O. The van der Waals surface area contributed by atoms with Gasteiger partial charge in [-0.05, 0) is 122 Å². The molecule has 4 heteroatoms. The average molecular weight is 739 g/mol. The highest BCUT2D eigenvalue weighted by molar-refractivity contribution is 5.33. The Bertz CT molecular complexity index is 1570. The molecule has 0 amide bonds. The average Bonchev–Trinajstić information content (AvgIpc) is 3.40. The molecule has 1 heterocycles. The van der Waals surface area contributed by atoms with Gasteiger partial charge in [0.2, 0.25) is 0 Å². The number of aliphatic hydroxyl groups is 2. The Morgan fingerprint density at radius 1 is 0.630 bits per heavy atom. The van der Waals surface area contributed by atoms with Crippen molar-refractivity contribution in [1.29, 1.82) is 0 Å². The predicted octanol–water partition coefficient (Wildman–Crippen LogP) is 13.4.